The SMILES string of the molecule is COc1ccccc1NC(=O)c1ccc(NC(=O)NCc2ccco2)cc1. The number of carbonyl (C=O) groups is 2. The summed E-state index contributed by atoms with van der Waals surface area (Å²) in [6, 6.07) is 16.9. The monoisotopic (exact) mass is 365 g/mol. The lowest BCUT2D eigenvalue weighted by atomic mass is 10.2. The Kier molecular flexibility index (Phi) is 5.73. The standard InChI is InChI=1S/C20H19N3O4/c1-26-18-7-3-2-6-17(18)23-19(24)14-8-10-15(11-9-14)22-20(25)21-13-16-5-4-12-27-16/h2-12H,13H2,1H3,(H,23,24)(H2,21,22,25). The molecule has 3 rings (SSSR count). The third-order valence-corrected chi connectivity index (χ3v) is 3.76. The van der Waals surface area contributed by atoms with Crippen LogP contribution >= 0.6 is 0 Å². The molecular formula is C20H19N3O4. The first-order valence-corrected chi connectivity index (χ1v) is 8.27. The molecule has 1 heterocycles. The average Bonchev–Trinajstić information content (AvgIpc) is 3.21. The van der Waals surface area contributed by atoms with Crippen molar-refractivity contribution in [1.29, 1.82) is 0 Å². The maximum atomic E-state index is 12.4. The molecule has 0 unspecified atom stereocenters. The van der Waals surface area contributed by atoms with Crippen molar-refractivity contribution < 1.29 is 18.7 Å². The number of hydrogen-bond donors (Lipinski definition) is 3. The summed E-state index contributed by atoms with van der Waals surface area (Å²) in [6.07, 6.45) is 1.55. The summed E-state index contributed by atoms with van der Waals surface area (Å²) in [6.45, 7) is 0.290. The first kappa shape index (κ1) is 18.1. The van der Waals surface area contributed by atoms with E-state index < -0.39 is 0 Å². The molecule has 0 aliphatic heterocycles. The van der Waals surface area contributed by atoms with Gasteiger partial charge in [0.15, 0.2) is 0 Å². The Morgan fingerprint density at radius 2 is 1.74 bits per heavy atom. The van der Waals surface area contributed by atoms with E-state index >= 15 is 0 Å². The molecule has 2 aromatic carbocycles. The summed E-state index contributed by atoms with van der Waals surface area (Å²) >= 11 is 0. The number of carbonyl (C=O) groups excluding carboxylic acids is 2. The van der Waals surface area contributed by atoms with E-state index in [4.69, 9.17) is 9.15 Å². The van der Waals surface area contributed by atoms with Crippen molar-refractivity contribution in [3.05, 3.63) is 78.3 Å². The molecule has 0 aliphatic rings. The number of para-hydroxylation sites is 2. The van der Waals surface area contributed by atoms with E-state index in [0.29, 0.717) is 28.4 Å². The number of nitrogens with one attached hydrogen (secondary N) is 3. The number of amides is 3. The van der Waals surface area contributed by atoms with Gasteiger partial charge in [0.1, 0.15) is 11.5 Å². The zero-order valence-corrected chi connectivity index (χ0v) is 14.7. The lowest BCUT2D eigenvalue weighted by Crippen LogP contribution is -2.28. The fraction of sp³-hybridized carbons (Fsp3) is 0.100. The number of hydrogen-bond acceptors (Lipinski definition) is 4. The Labute approximate surface area is 156 Å². The van der Waals surface area contributed by atoms with Crippen LogP contribution in [0, 0.1) is 0 Å². The molecule has 3 aromatic rings. The van der Waals surface area contributed by atoms with E-state index in [1.54, 1.807) is 61.9 Å². The molecule has 138 valence electrons. The van der Waals surface area contributed by atoms with Gasteiger partial charge in [0.2, 0.25) is 0 Å². The van der Waals surface area contributed by atoms with E-state index in [9.17, 15) is 9.59 Å². The summed E-state index contributed by atoms with van der Waals surface area (Å²) in [5.74, 6) is 0.971. The highest BCUT2D eigenvalue weighted by Gasteiger charge is 2.10. The number of rotatable bonds is 6. The number of urea groups is 1. The molecule has 3 N–H and O–H groups in total. The van der Waals surface area contributed by atoms with Crippen molar-refractivity contribution in [3.63, 3.8) is 0 Å². The summed E-state index contributed by atoms with van der Waals surface area (Å²) in [4.78, 5) is 24.3. The third kappa shape index (κ3) is 4.88. The van der Waals surface area contributed by atoms with E-state index in [-0.39, 0.29) is 18.5 Å². The van der Waals surface area contributed by atoms with Crippen LogP contribution in [0.15, 0.2) is 71.3 Å². The minimum atomic E-state index is -0.363. The average molecular weight is 365 g/mol. The number of ether oxygens (including phenoxy) is 1. The smallest absolute Gasteiger partial charge is 0.319 e. The van der Waals surface area contributed by atoms with E-state index in [2.05, 4.69) is 16.0 Å². The Morgan fingerprint density at radius 3 is 2.44 bits per heavy atom. The highest BCUT2D eigenvalue weighted by molar-refractivity contribution is 6.05. The van der Waals surface area contributed by atoms with Gasteiger partial charge in [0.25, 0.3) is 5.91 Å². The Bertz CT molecular complexity index is 905. The normalized spacial score (nSPS) is 10.1. The minimum absolute atomic E-state index is 0.270. The molecule has 0 spiro atoms. The number of anilines is 2. The molecule has 0 radical (unpaired) electrons. The van der Waals surface area contributed by atoms with Crippen LogP contribution in [0.5, 0.6) is 5.75 Å². The predicted octanol–water partition coefficient (Wildman–Crippen LogP) is 3.86. The van der Waals surface area contributed by atoms with Crippen molar-refractivity contribution in [3.8, 4) is 5.75 Å². The second-order valence-electron chi connectivity index (χ2n) is 5.62. The fourth-order valence-corrected chi connectivity index (χ4v) is 2.40. The maximum absolute atomic E-state index is 12.4. The van der Waals surface area contributed by atoms with E-state index in [0.717, 1.165) is 0 Å². The van der Waals surface area contributed by atoms with Crippen molar-refractivity contribution in [2.75, 3.05) is 17.7 Å². The van der Waals surface area contributed by atoms with Crippen molar-refractivity contribution in [1.82, 2.24) is 5.32 Å². The van der Waals surface area contributed by atoms with Crippen molar-refractivity contribution in [2.45, 2.75) is 6.54 Å². The van der Waals surface area contributed by atoms with Gasteiger partial charge in [-0.15, -0.1) is 0 Å². The predicted molar refractivity (Wildman–Crippen MR) is 102 cm³/mol. The Morgan fingerprint density at radius 1 is 0.963 bits per heavy atom. The molecule has 0 saturated carbocycles. The maximum Gasteiger partial charge on any atom is 0.319 e. The van der Waals surface area contributed by atoms with Crippen molar-refractivity contribution >= 4 is 23.3 Å². The quantitative estimate of drug-likeness (QED) is 0.618. The summed E-state index contributed by atoms with van der Waals surface area (Å²) in [5.41, 5.74) is 1.62. The van der Waals surface area contributed by atoms with Crippen LogP contribution in [0.3, 0.4) is 0 Å². The minimum Gasteiger partial charge on any atom is -0.495 e. The second kappa shape index (κ2) is 8.57. The first-order valence-electron chi connectivity index (χ1n) is 8.27. The summed E-state index contributed by atoms with van der Waals surface area (Å²) < 4.78 is 10.4. The van der Waals surface area contributed by atoms with E-state index in [1.165, 1.54) is 0 Å². The Hall–Kier alpha value is -3.74. The number of furan rings is 1. The van der Waals surface area contributed by atoms with Gasteiger partial charge in [-0.1, -0.05) is 12.1 Å². The topological polar surface area (TPSA) is 92.6 Å². The molecule has 7 heteroatoms. The third-order valence-electron chi connectivity index (χ3n) is 3.76. The summed E-state index contributed by atoms with van der Waals surface area (Å²) in [7, 11) is 1.54. The van der Waals surface area contributed by atoms with Gasteiger partial charge in [0, 0.05) is 11.3 Å². The van der Waals surface area contributed by atoms with E-state index in [1.807, 2.05) is 12.1 Å². The molecule has 0 saturated heterocycles. The van der Waals surface area contributed by atoms with Gasteiger partial charge in [0.05, 0.1) is 25.6 Å². The van der Waals surface area contributed by atoms with Crippen LogP contribution in [0.2, 0.25) is 0 Å². The first-order chi connectivity index (χ1) is 13.2. The highest BCUT2D eigenvalue weighted by atomic mass is 16.5. The highest BCUT2D eigenvalue weighted by Crippen LogP contribution is 2.23. The zero-order chi connectivity index (χ0) is 19.1. The van der Waals surface area contributed by atoms with Crippen LogP contribution in [-0.4, -0.2) is 19.0 Å². The van der Waals surface area contributed by atoms with Crippen LogP contribution in [0.1, 0.15) is 16.1 Å². The van der Waals surface area contributed by atoms with Crippen LogP contribution < -0.4 is 20.7 Å². The van der Waals surface area contributed by atoms with Crippen LogP contribution in [0.4, 0.5) is 16.2 Å². The zero-order valence-electron chi connectivity index (χ0n) is 14.7. The molecule has 27 heavy (non-hydrogen) atoms. The number of methoxy groups -OCH3 is 1. The van der Waals surface area contributed by atoms with Gasteiger partial charge in [-0.25, -0.2) is 4.79 Å². The molecule has 0 aliphatic carbocycles. The van der Waals surface area contributed by atoms with Gasteiger partial charge < -0.3 is 25.1 Å². The van der Waals surface area contributed by atoms with Gasteiger partial charge in [-0.05, 0) is 48.5 Å². The fourth-order valence-electron chi connectivity index (χ4n) is 2.40. The molecule has 3 amide bonds. The van der Waals surface area contributed by atoms with Gasteiger partial charge in [-0.2, -0.15) is 0 Å². The molecule has 0 fully saturated rings. The van der Waals surface area contributed by atoms with Gasteiger partial charge in [-0.3, -0.25) is 4.79 Å². The number of benzene rings is 2. The molecule has 1 aromatic heterocycles. The second-order valence-corrected chi connectivity index (χ2v) is 5.62. The molecule has 0 bridgehead atoms. The molecule has 7 nitrogen and oxygen atoms in total. The molecule has 0 atom stereocenters. The Balaban J connectivity index is 1.56. The summed E-state index contributed by atoms with van der Waals surface area (Å²) in [5, 5.41) is 8.17. The van der Waals surface area contributed by atoms with Crippen LogP contribution in [-0.2, 0) is 6.54 Å². The lowest BCUT2D eigenvalue weighted by molar-refractivity contribution is 0.102. The van der Waals surface area contributed by atoms with Gasteiger partial charge >= 0.3 is 6.03 Å². The lowest BCUT2D eigenvalue weighted by Gasteiger charge is -2.10. The van der Waals surface area contributed by atoms with Crippen LogP contribution in [0.25, 0.3) is 0 Å². The molecular weight excluding hydrogens is 346 g/mol. The van der Waals surface area contributed by atoms with Crippen molar-refractivity contribution in [2.24, 2.45) is 0 Å². The largest absolute Gasteiger partial charge is 0.495 e.